The van der Waals surface area contributed by atoms with Crippen molar-refractivity contribution in [3.8, 4) is 0 Å². The molecule has 0 bridgehead atoms. The van der Waals surface area contributed by atoms with Crippen LogP contribution in [0.1, 0.15) is 48.1 Å². The van der Waals surface area contributed by atoms with E-state index in [2.05, 4.69) is 15.6 Å². The molecule has 1 saturated carbocycles. The number of amides is 2. The Balaban J connectivity index is 1.87. The first-order valence-electron chi connectivity index (χ1n) is 11.2. The van der Waals surface area contributed by atoms with Crippen molar-refractivity contribution < 1.29 is 22.4 Å². The van der Waals surface area contributed by atoms with Crippen LogP contribution in [0.5, 0.6) is 0 Å². The summed E-state index contributed by atoms with van der Waals surface area (Å²) < 4.78 is 55.4. The summed E-state index contributed by atoms with van der Waals surface area (Å²) in [6.07, 6.45) is 0.477. The van der Waals surface area contributed by atoms with Crippen LogP contribution < -0.4 is 10.6 Å². The van der Waals surface area contributed by atoms with Crippen molar-refractivity contribution >= 4 is 6.03 Å². The highest BCUT2D eigenvalue weighted by Gasteiger charge is 2.41. The summed E-state index contributed by atoms with van der Waals surface area (Å²) in [4.78, 5) is 17.5. The predicted octanol–water partition coefficient (Wildman–Crippen LogP) is 5.97. The molecule has 1 unspecified atom stereocenters. The maximum Gasteiger partial charge on any atom is 0.416 e. The van der Waals surface area contributed by atoms with Gasteiger partial charge in [0, 0.05) is 18.7 Å². The summed E-state index contributed by atoms with van der Waals surface area (Å²) in [7, 11) is 0. The maximum absolute atomic E-state index is 14.6. The molecule has 1 aliphatic carbocycles. The van der Waals surface area contributed by atoms with Gasteiger partial charge >= 0.3 is 12.2 Å². The lowest BCUT2D eigenvalue weighted by Gasteiger charge is -2.36. The molecule has 2 amide bonds. The van der Waals surface area contributed by atoms with Gasteiger partial charge in [0.1, 0.15) is 11.4 Å². The number of benzene rings is 2. The molecule has 34 heavy (non-hydrogen) atoms. The quantitative estimate of drug-likeness (QED) is 0.436. The van der Waals surface area contributed by atoms with Gasteiger partial charge in [0.05, 0.1) is 11.3 Å². The SMILES string of the molecule is O=C(NC1CCCC1)NC(Cc1ccccc1)(c1cc(F)cc(C(F)(F)F)c1)c1ccccn1. The van der Waals surface area contributed by atoms with Gasteiger partial charge in [0.15, 0.2) is 0 Å². The number of urea groups is 1. The number of aromatic nitrogens is 1. The van der Waals surface area contributed by atoms with E-state index in [4.69, 9.17) is 0 Å². The molecule has 1 heterocycles. The van der Waals surface area contributed by atoms with E-state index in [1.54, 1.807) is 42.5 Å². The fraction of sp³-hybridized carbons (Fsp3) is 0.308. The third kappa shape index (κ3) is 5.38. The Morgan fingerprint density at radius 1 is 0.941 bits per heavy atom. The maximum atomic E-state index is 14.6. The van der Waals surface area contributed by atoms with Crippen molar-refractivity contribution in [3.63, 3.8) is 0 Å². The van der Waals surface area contributed by atoms with Crippen molar-refractivity contribution in [1.29, 1.82) is 0 Å². The average Bonchev–Trinajstić information content (AvgIpc) is 3.32. The highest BCUT2D eigenvalue weighted by molar-refractivity contribution is 5.76. The summed E-state index contributed by atoms with van der Waals surface area (Å²) in [6, 6.07) is 15.8. The average molecular weight is 471 g/mol. The molecule has 1 atom stereocenters. The minimum absolute atomic E-state index is 0.0172. The van der Waals surface area contributed by atoms with E-state index in [0.717, 1.165) is 43.4 Å². The molecule has 4 rings (SSSR count). The largest absolute Gasteiger partial charge is 0.416 e. The fourth-order valence-electron chi connectivity index (χ4n) is 4.52. The van der Waals surface area contributed by atoms with E-state index < -0.39 is 29.1 Å². The summed E-state index contributed by atoms with van der Waals surface area (Å²) in [6.45, 7) is 0. The molecule has 2 aromatic carbocycles. The highest BCUT2D eigenvalue weighted by Crippen LogP contribution is 2.37. The Kier molecular flexibility index (Phi) is 6.86. The molecule has 4 nitrogen and oxygen atoms in total. The molecule has 0 aliphatic heterocycles. The normalized spacial score (nSPS) is 16.1. The van der Waals surface area contributed by atoms with E-state index in [1.807, 2.05) is 6.07 Å². The second-order valence-electron chi connectivity index (χ2n) is 8.59. The van der Waals surface area contributed by atoms with E-state index >= 15 is 0 Å². The van der Waals surface area contributed by atoms with Gasteiger partial charge in [0.2, 0.25) is 0 Å². The number of hydrogen-bond donors (Lipinski definition) is 2. The molecular formula is C26H25F4N3O. The molecule has 1 aromatic heterocycles. The third-order valence-electron chi connectivity index (χ3n) is 6.15. The molecular weight excluding hydrogens is 446 g/mol. The minimum atomic E-state index is -4.76. The zero-order valence-electron chi connectivity index (χ0n) is 18.4. The zero-order valence-corrected chi connectivity index (χ0v) is 18.4. The van der Waals surface area contributed by atoms with Crippen LogP contribution in [0.4, 0.5) is 22.4 Å². The van der Waals surface area contributed by atoms with Crippen LogP contribution in [0.2, 0.25) is 0 Å². The van der Waals surface area contributed by atoms with Crippen molar-refractivity contribution in [1.82, 2.24) is 15.6 Å². The molecule has 2 N–H and O–H groups in total. The van der Waals surface area contributed by atoms with Gasteiger partial charge in [-0.05, 0) is 54.3 Å². The molecule has 0 spiro atoms. The Morgan fingerprint density at radius 2 is 1.62 bits per heavy atom. The van der Waals surface area contributed by atoms with Crippen LogP contribution in [0.15, 0.2) is 72.9 Å². The van der Waals surface area contributed by atoms with Gasteiger partial charge < -0.3 is 10.6 Å². The molecule has 0 saturated heterocycles. The van der Waals surface area contributed by atoms with Crippen LogP contribution in [0.25, 0.3) is 0 Å². The first-order chi connectivity index (χ1) is 16.3. The number of pyridine rings is 1. The Morgan fingerprint density at radius 3 is 2.26 bits per heavy atom. The topological polar surface area (TPSA) is 54.0 Å². The molecule has 3 aromatic rings. The van der Waals surface area contributed by atoms with Crippen LogP contribution in [0.3, 0.4) is 0 Å². The Bertz CT molecular complexity index is 1120. The van der Waals surface area contributed by atoms with E-state index in [0.29, 0.717) is 11.8 Å². The number of nitrogens with one attached hydrogen (secondary N) is 2. The van der Waals surface area contributed by atoms with Crippen molar-refractivity contribution in [2.75, 3.05) is 0 Å². The molecule has 0 radical (unpaired) electrons. The van der Waals surface area contributed by atoms with Gasteiger partial charge in [0.25, 0.3) is 0 Å². The predicted molar refractivity (Wildman–Crippen MR) is 120 cm³/mol. The second-order valence-corrected chi connectivity index (χ2v) is 8.59. The summed E-state index contributed by atoms with van der Waals surface area (Å²) in [5.41, 5.74) is -1.67. The number of carbonyl (C=O) groups is 1. The summed E-state index contributed by atoms with van der Waals surface area (Å²) >= 11 is 0. The number of alkyl halides is 3. The monoisotopic (exact) mass is 471 g/mol. The van der Waals surface area contributed by atoms with Gasteiger partial charge in [-0.3, -0.25) is 4.98 Å². The highest BCUT2D eigenvalue weighted by atomic mass is 19.4. The number of hydrogen-bond acceptors (Lipinski definition) is 2. The van der Waals surface area contributed by atoms with Gasteiger partial charge in [-0.25, -0.2) is 9.18 Å². The lowest BCUT2D eigenvalue weighted by atomic mass is 9.79. The molecule has 1 fully saturated rings. The number of nitrogens with zero attached hydrogens (tertiary/aromatic N) is 1. The number of halogens is 4. The summed E-state index contributed by atoms with van der Waals surface area (Å²) in [5.74, 6) is -1.05. The van der Waals surface area contributed by atoms with Crippen molar-refractivity contribution in [3.05, 3.63) is 101 Å². The first kappa shape index (κ1) is 23.7. The smallest absolute Gasteiger partial charge is 0.335 e. The first-order valence-corrected chi connectivity index (χ1v) is 11.2. The fourth-order valence-corrected chi connectivity index (χ4v) is 4.52. The minimum Gasteiger partial charge on any atom is -0.335 e. The van der Waals surface area contributed by atoms with E-state index in [1.165, 1.54) is 6.20 Å². The van der Waals surface area contributed by atoms with Crippen LogP contribution in [-0.4, -0.2) is 17.1 Å². The van der Waals surface area contributed by atoms with Crippen LogP contribution in [0, 0.1) is 5.82 Å². The van der Waals surface area contributed by atoms with Gasteiger partial charge in [-0.1, -0.05) is 49.2 Å². The second kappa shape index (κ2) is 9.83. The number of carbonyl (C=O) groups excluding carboxylic acids is 1. The summed E-state index contributed by atoms with van der Waals surface area (Å²) in [5, 5.41) is 5.82. The van der Waals surface area contributed by atoms with Crippen LogP contribution in [-0.2, 0) is 18.1 Å². The zero-order chi connectivity index (χ0) is 24.2. The number of rotatable bonds is 6. The molecule has 8 heteroatoms. The lowest BCUT2D eigenvalue weighted by Crippen LogP contribution is -2.54. The molecule has 178 valence electrons. The van der Waals surface area contributed by atoms with Crippen molar-refractivity contribution in [2.45, 2.75) is 49.9 Å². The lowest BCUT2D eigenvalue weighted by molar-refractivity contribution is -0.137. The van der Waals surface area contributed by atoms with Crippen LogP contribution >= 0.6 is 0 Å². The Hall–Kier alpha value is -3.42. The van der Waals surface area contributed by atoms with E-state index in [9.17, 15) is 22.4 Å². The standard InChI is InChI=1S/C26H25F4N3O/c27-21-15-19(14-20(16-21)26(28,29)30)25(23-12-6-7-13-31-23,17-18-8-2-1-3-9-18)33-24(34)32-22-10-4-5-11-22/h1-3,6-9,12-16,22H,4-5,10-11,17H2,(H2,32,33,34). The van der Waals surface area contributed by atoms with E-state index in [-0.39, 0.29) is 18.0 Å². The van der Waals surface area contributed by atoms with Gasteiger partial charge in [-0.15, -0.1) is 0 Å². The third-order valence-corrected chi connectivity index (χ3v) is 6.15. The van der Waals surface area contributed by atoms with Gasteiger partial charge in [-0.2, -0.15) is 13.2 Å². The van der Waals surface area contributed by atoms with Crippen molar-refractivity contribution in [2.24, 2.45) is 0 Å². The molecule has 1 aliphatic rings. The Labute approximate surface area is 195 Å².